The Labute approximate surface area is 117 Å². The summed E-state index contributed by atoms with van der Waals surface area (Å²) < 4.78 is 0. The van der Waals surface area contributed by atoms with E-state index in [1.807, 2.05) is 19.0 Å². The highest BCUT2D eigenvalue weighted by molar-refractivity contribution is 5.82. The molecule has 2 aliphatic rings. The monoisotopic (exact) mass is 267 g/mol. The number of carbonyl (C=O) groups excluding carboxylic acids is 1. The van der Waals surface area contributed by atoms with E-state index in [4.69, 9.17) is 0 Å². The number of likely N-dealkylation sites (N-methyl/N-ethyl adjacent to an activating group) is 2. The van der Waals surface area contributed by atoms with Crippen molar-refractivity contribution in [3.8, 4) is 0 Å². The molecule has 0 aromatic heterocycles. The Kier molecular flexibility index (Phi) is 4.51. The fourth-order valence-corrected chi connectivity index (χ4v) is 3.79. The third-order valence-corrected chi connectivity index (χ3v) is 4.53. The zero-order valence-electron chi connectivity index (χ0n) is 12.9. The lowest BCUT2D eigenvalue weighted by Crippen LogP contribution is -2.53. The molecule has 2 fully saturated rings. The zero-order valence-corrected chi connectivity index (χ0v) is 12.9. The van der Waals surface area contributed by atoms with E-state index in [2.05, 4.69) is 24.1 Å². The van der Waals surface area contributed by atoms with Crippen molar-refractivity contribution in [1.29, 1.82) is 0 Å². The lowest BCUT2D eigenvalue weighted by Gasteiger charge is -2.37. The van der Waals surface area contributed by atoms with Crippen LogP contribution < -0.4 is 5.32 Å². The van der Waals surface area contributed by atoms with Crippen LogP contribution in [0.4, 0.5) is 0 Å². The van der Waals surface area contributed by atoms with Crippen molar-refractivity contribution in [3.63, 3.8) is 0 Å². The second-order valence-corrected chi connectivity index (χ2v) is 7.04. The van der Waals surface area contributed by atoms with Crippen LogP contribution in [-0.4, -0.2) is 61.5 Å². The van der Waals surface area contributed by atoms with E-state index in [-0.39, 0.29) is 17.4 Å². The molecule has 0 aromatic rings. The van der Waals surface area contributed by atoms with E-state index in [0.29, 0.717) is 6.04 Å². The summed E-state index contributed by atoms with van der Waals surface area (Å²) in [7, 11) is 3.89. The van der Waals surface area contributed by atoms with E-state index in [1.54, 1.807) is 0 Å². The number of hydrogen-bond donors (Lipinski definition) is 1. The average molecular weight is 267 g/mol. The molecule has 2 rings (SSSR count). The predicted octanol–water partition coefficient (Wildman–Crippen LogP) is 1.32. The van der Waals surface area contributed by atoms with Crippen molar-refractivity contribution < 1.29 is 4.79 Å². The van der Waals surface area contributed by atoms with Gasteiger partial charge < -0.3 is 10.2 Å². The molecule has 1 saturated carbocycles. The number of nitrogens with zero attached hydrogens (tertiary/aromatic N) is 2. The molecule has 0 aromatic carbocycles. The van der Waals surface area contributed by atoms with E-state index in [9.17, 15) is 4.79 Å². The van der Waals surface area contributed by atoms with Gasteiger partial charge in [-0.1, -0.05) is 26.7 Å². The van der Waals surface area contributed by atoms with Crippen molar-refractivity contribution in [2.45, 2.75) is 51.6 Å². The standard InChI is InChI=1S/C15H29N3O/c1-15(2)10-17(4)14(19)13(9-16-3)18(11-15)12-7-5-6-8-12/h12-13,16H,5-11H2,1-4H3. The van der Waals surface area contributed by atoms with E-state index >= 15 is 0 Å². The van der Waals surface area contributed by atoms with Gasteiger partial charge in [0.1, 0.15) is 6.04 Å². The van der Waals surface area contributed by atoms with Gasteiger partial charge in [-0.15, -0.1) is 0 Å². The molecule has 19 heavy (non-hydrogen) atoms. The molecule has 0 spiro atoms. The SMILES string of the molecule is CNCC1C(=O)N(C)CC(C)(C)CN1C1CCCC1. The minimum atomic E-state index is 0.0138. The fourth-order valence-electron chi connectivity index (χ4n) is 3.79. The molecule has 110 valence electrons. The Morgan fingerprint density at radius 1 is 1.26 bits per heavy atom. The number of rotatable bonds is 3. The molecule has 0 bridgehead atoms. The molecule has 1 heterocycles. The zero-order chi connectivity index (χ0) is 14.0. The summed E-state index contributed by atoms with van der Waals surface area (Å²) in [5.41, 5.74) is 0.176. The van der Waals surface area contributed by atoms with Gasteiger partial charge in [-0.2, -0.15) is 0 Å². The second-order valence-electron chi connectivity index (χ2n) is 7.04. The summed E-state index contributed by atoms with van der Waals surface area (Å²) in [6.45, 7) is 7.20. The molecular formula is C15H29N3O. The van der Waals surface area contributed by atoms with Crippen LogP contribution in [0.3, 0.4) is 0 Å². The lowest BCUT2D eigenvalue weighted by molar-refractivity contribution is -0.134. The van der Waals surface area contributed by atoms with Crippen LogP contribution in [0.2, 0.25) is 0 Å². The van der Waals surface area contributed by atoms with Crippen molar-refractivity contribution in [1.82, 2.24) is 15.1 Å². The van der Waals surface area contributed by atoms with Crippen molar-refractivity contribution in [2.75, 3.05) is 33.7 Å². The maximum Gasteiger partial charge on any atom is 0.241 e. The molecule has 1 N–H and O–H groups in total. The normalized spacial score (nSPS) is 29.8. The summed E-state index contributed by atoms with van der Waals surface area (Å²) in [5.74, 6) is 0.284. The maximum absolute atomic E-state index is 12.6. The first-order chi connectivity index (χ1) is 8.94. The smallest absolute Gasteiger partial charge is 0.241 e. The minimum absolute atomic E-state index is 0.0138. The van der Waals surface area contributed by atoms with Crippen molar-refractivity contribution in [2.24, 2.45) is 5.41 Å². The van der Waals surface area contributed by atoms with E-state index in [1.165, 1.54) is 25.7 Å². The molecule has 4 heteroatoms. The van der Waals surface area contributed by atoms with Crippen LogP contribution >= 0.6 is 0 Å². The van der Waals surface area contributed by atoms with Gasteiger partial charge in [0.15, 0.2) is 0 Å². The Hall–Kier alpha value is -0.610. The quantitative estimate of drug-likeness (QED) is 0.837. The molecule has 1 aliphatic heterocycles. The Morgan fingerprint density at radius 2 is 1.89 bits per heavy atom. The largest absolute Gasteiger partial charge is 0.344 e. The molecule has 0 radical (unpaired) electrons. The van der Waals surface area contributed by atoms with Gasteiger partial charge in [-0.25, -0.2) is 0 Å². The van der Waals surface area contributed by atoms with E-state index < -0.39 is 0 Å². The first-order valence-electron chi connectivity index (χ1n) is 7.60. The highest BCUT2D eigenvalue weighted by atomic mass is 16.2. The minimum Gasteiger partial charge on any atom is -0.344 e. The Morgan fingerprint density at radius 3 is 2.47 bits per heavy atom. The molecule has 1 saturated heterocycles. The summed E-state index contributed by atoms with van der Waals surface area (Å²) >= 11 is 0. The predicted molar refractivity (Wildman–Crippen MR) is 78.1 cm³/mol. The first-order valence-corrected chi connectivity index (χ1v) is 7.60. The molecule has 1 aliphatic carbocycles. The summed E-state index contributed by atoms with van der Waals surface area (Å²) in [6, 6.07) is 0.618. The Bertz CT molecular complexity index is 323. The van der Waals surface area contributed by atoms with Gasteiger partial charge in [-0.05, 0) is 25.3 Å². The molecular weight excluding hydrogens is 238 g/mol. The lowest BCUT2D eigenvalue weighted by atomic mass is 9.92. The van der Waals surface area contributed by atoms with Crippen LogP contribution in [0.15, 0.2) is 0 Å². The number of nitrogens with one attached hydrogen (secondary N) is 1. The van der Waals surface area contributed by atoms with Crippen LogP contribution in [-0.2, 0) is 4.79 Å². The highest BCUT2D eigenvalue weighted by Crippen LogP contribution is 2.31. The van der Waals surface area contributed by atoms with Crippen LogP contribution in [0.1, 0.15) is 39.5 Å². The Balaban J connectivity index is 2.24. The van der Waals surface area contributed by atoms with Crippen LogP contribution in [0.5, 0.6) is 0 Å². The third kappa shape index (κ3) is 3.29. The van der Waals surface area contributed by atoms with Gasteiger partial charge in [0, 0.05) is 32.7 Å². The van der Waals surface area contributed by atoms with Gasteiger partial charge in [0.05, 0.1) is 0 Å². The molecule has 1 atom stereocenters. The molecule has 4 nitrogen and oxygen atoms in total. The van der Waals surface area contributed by atoms with Gasteiger partial charge >= 0.3 is 0 Å². The topological polar surface area (TPSA) is 35.6 Å². The maximum atomic E-state index is 12.6. The van der Waals surface area contributed by atoms with Crippen LogP contribution in [0, 0.1) is 5.41 Å². The van der Waals surface area contributed by atoms with Gasteiger partial charge in [-0.3, -0.25) is 9.69 Å². The van der Waals surface area contributed by atoms with Crippen molar-refractivity contribution in [3.05, 3.63) is 0 Å². The number of amides is 1. The van der Waals surface area contributed by atoms with E-state index in [0.717, 1.165) is 19.6 Å². The highest BCUT2D eigenvalue weighted by Gasteiger charge is 2.41. The van der Waals surface area contributed by atoms with Gasteiger partial charge in [0.25, 0.3) is 0 Å². The summed E-state index contributed by atoms with van der Waals surface area (Å²) in [4.78, 5) is 17.1. The summed E-state index contributed by atoms with van der Waals surface area (Å²) in [6.07, 6.45) is 5.15. The first kappa shape index (κ1) is 14.8. The third-order valence-electron chi connectivity index (χ3n) is 4.53. The summed E-state index contributed by atoms with van der Waals surface area (Å²) in [5, 5.41) is 3.21. The number of hydrogen-bond acceptors (Lipinski definition) is 3. The average Bonchev–Trinajstić information content (AvgIpc) is 2.83. The van der Waals surface area contributed by atoms with Crippen molar-refractivity contribution >= 4 is 5.91 Å². The van der Waals surface area contributed by atoms with Crippen LogP contribution in [0.25, 0.3) is 0 Å². The molecule has 1 unspecified atom stereocenters. The fraction of sp³-hybridized carbons (Fsp3) is 0.933. The van der Waals surface area contributed by atoms with Gasteiger partial charge in [0.2, 0.25) is 5.91 Å². The second kappa shape index (κ2) is 5.80. The number of carbonyl (C=O) groups is 1. The molecule has 1 amide bonds.